The highest BCUT2D eigenvalue weighted by atomic mass is 35.5. The number of hydrogen-bond donors (Lipinski definition) is 0. The normalized spacial score (nSPS) is 10.2. The van der Waals surface area contributed by atoms with Crippen molar-refractivity contribution in [3.8, 4) is 5.75 Å². The number of aromatic nitrogens is 1. The van der Waals surface area contributed by atoms with Crippen LogP contribution in [0.1, 0.15) is 10.4 Å². The summed E-state index contributed by atoms with van der Waals surface area (Å²) in [6, 6.07) is 7.24. The second-order valence-electron chi connectivity index (χ2n) is 3.92. The van der Waals surface area contributed by atoms with Crippen molar-refractivity contribution in [2.75, 3.05) is 6.61 Å². The van der Waals surface area contributed by atoms with Crippen LogP contribution >= 0.6 is 23.2 Å². The Balaban J connectivity index is 2.11. The van der Waals surface area contributed by atoms with Crippen LogP contribution in [-0.2, 0) is 0 Å². The third-order valence-electron chi connectivity index (χ3n) is 2.52. The van der Waals surface area contributed by atoms with Crippen molar-refractivity contribution in [2.24, 2.45) is 0 Å². The van der Waals surface area contributed by atoms with Crippen molar-refractivity contribution in [1.29, 1.82) is 0 Å². The van der Waals surface area contributed by atoms with Gasteiger partial charge in [-0.3, -0.25) is 4.79 Å². The first kappa shape index (κ1) is 15.2. The highest BCUT2D eigenvalue weighted by Crippen LogP contribution is 2.25. The summed E-state index contributed by atoms with van der Waals surface area (Å²) in [6.07, 6.45) is 1.27. The maximum atomic E-state index is 11.9. The van der Waals surface area contributed by atoms with Crippen molar-refractivity contribution < 1.29 is 14.5 Å². The van der Waals surface area contributed by atoms with Crippen molar-refractivity contribution in [3.63, 3.8) is 0 Å². The molecule has 0 aliphatic heterocycles. The fraction of sp³-hybridized carbons (Fsp3) is 0.0769. The number of pyridine rings is 1. The van der Waals surface area contributed by atoms with E-state index in [4.69, 9.17) is 27.9 Å². The zero-order valence-corrected chi connectivity index (χ0v) is 12.0. The Hall–Kier alpha value is -2.18. The fourth-order valence-corrected chi connectivity index (χ4v) is 1.83. The third-order valence-corrected chi connectivity index (χ3v) is 3.26. The SMILES string of the molecule is O=C(COc1cccnc1[N+](=O)[O-])c1ccc(Cl)c(Cl)c1. The van der Waals surface area contributed by atoms with Gasteiger partial charge in [0.25, 0.3) is 0 Å². The summed E-state index contributed by atoms with van der Waals surface area (Å²) in [5.41, 5.74) is 0.302. The topological polar surface area (TPSA) is 82.3 Å². The number of ketones is 1. The molecule has 0 saturated heterocycles. The molecule has 1 aromatic heterocycles. The number of hydrogen-bond acceptors (Lipinski definition) is 5. The van der Waals surface area contributed by atoms with Gasteiger partial charge in [0, 0.05) is 5.56 Å². The second-order valence-corrected chi connectivity index (χ2v) is 4.74. The highest BCUT2D eigenvalue weighted by molar-refractivity contribution is 6.42. The van der Waals surface area contributed by atoms with E-state index in [9.17, 15) is 14.9 Å². The summed E-state index contributed by atoms with van der Waals surface area (Å²) >= 11 is 11.6. The Bertz CT molecular complexity index is 706. The minimum absolute atomic E-state index is 0.0732. The maximum Gasteiger partial charge on any atom is 0.406 e. The molecule has 0 atom stereocenters. The van der Waals surface area contributed by atoms with Crippen LogP contribution in [0.2, 0.25) is 10.0 Å². The monoisotopic (exact) mass is 326 g/mol. The lowest BCUT2D eigenvalue weighted by molar-refractivity contribution is -0.390. The van der Waals surface area contributed by atoms with E-state index >= 15 is 0 Å². The van der Waals surface area contributed by atoms with Crippen LogP contribution < -0.4 is 4.74 Å². The highest BCUT2D eigenvalue weighted by Gasteiger charge is 2.17. The molecule has 0 aliphatic rings. The third kappa shape index (κ3) is 3.68. The molecule has 0 unspecified atom stereocenters. The Morgan fingerprint density at radius 1 is 1.29 bits per heavy atom. The largest absolute Gasteiger partial charge is 0.477 e. The molecule has 0 N–H and O–H groups in total. The van der Waals surface area contributed by atoms with Gasteiger partial charge in [0.15, 0.2) is 12.4 Å². The predicted molar refractivity (Wildman–Crippen MR) is 77.2 cm³/mol. The Morgan fingerprint density at radius 2 is 2.05 bits per heavy atom. The number of carbonyl (C=O) groups is 1. The van der Waals surface area contributed by atoms with Gasteiger partial charge < -0.3 is 14.9 Å². The van der Waals surface area contributed by atoms with Crippen LogP contribution in [0.5, 0.6) is 5.75 Å². The van der Waals surface area contributed by atoms with Crippen LogP contribution in [0, 0.1) is 10.1 Å². The number of rotatable bonds is 5. The number of halogens is 2. The summed E-state index contributed by atoms with van der Waals surface area (Å²) in [5, 5.41) is 11.3. The zero-order chi connectivity index (χ0) is 15.4. The standard InChI is InChI=1S/C13H8Cl2N2O4/c14-9-4-3-8(6-10(9)15)11(18)7-21-12-2-1-5-16-13(12)17(19)20/h1-6H,7H2. The second kappa shape index (κ2) is 6.51. The molecule has 8 heteroatoms. The first-order valence-corrected chi connectivity index (χ1v) is 6.45. The van der Waals surface area contributed by atoms with Gasteiger partial charge in [-0.15, -0.1) is 0 Å². The van der Waals surface area contributed by atoms with E-state index in [0.29, 0.717) is 10.6 Å². The summed E-state index contributed by atoms with van der Waals surface area (Å²) in [4.78, 5) is 25.6. The van der Waals surface area contributed by atoms with Gasteiger partial charge in [0.1, 0.15) is 6.20 Å². The molecule has 0 saturated carbocycles. The summed E-state index contributed by atoms with van der Waals surface area (Å²) in [6.45, 7) is -0.371. The molecule has 2 rings (SSSR count). The number of ether oxygens (including phenoxy) is 1. The van der Waals surface area contributed by atoms with Crippen LogP contribution in [-0.4, -0.2) is 22.3 Å². The number of nitrogens with zero attached hydrogens (tertiary/aromatic N) is 2. The van der Waals surface area contributed by atoms with Gasteiger partial charge >= 0.3 is 5.82 Å². The van der Waals surface area contributed by atoms with Gasteiger partial charge in [-0.1, -0.05) is 23.2 Å². The van der Waals surface area contributed by atoms with Gasteiger partial charge in [0.05, 0.1) is 10.0 Å². The summed E-state index contributed by atoms with van der Waals surface area (Å²) in [5.74, 6) is -0.901. The quantitative estimate of drug-likeness (QED) is 0.476. The van der Waals surface area contributed by atoms with E-state index in [1.807, 2.05) is 0 Å². The lowest BCUT2D eigenvalue weighted by atomic mass is 10.1. The van der Waals surface area contributed by atoms with Crippen molar-refractivity contribution in [1.82, 2.24) is 4.98 Å². The Morgan fingerprint density at radius 3 is 2.71 bits per heavy atom. The lowest BCUT2D eigenvalue weighted by Gasteiger charge is -2.06. The molecule has 2 aromatic rings. The average molecular weight is 327 g/mol. The van der Waals surface area contributed by atoms with Crippen LogP contribution in [0.4, 0.5) is 5.82 Å². The molecular formula is C13H8Cl2N2O4. The van der Waals surface area contributed by atoms with Crippen LogP contribution in [0.25, 0.3) is 0 Å². The van der Waals surface area contributed by atoms with Crippen molar-refractivity contribution in [2.45, 2.75) is 0 Å². The van der Waals surface area contributed by atoms with E-state index in [0.717, 1.165) is 0 Å². The van der Waals surface area contributed by atoms with E-state index in [-0.39, 0.29) is 23.2 Å². The molecule has 108 valence electrons. The molecule has 1 heterocycles. The fourth-order valence-electron chi connectivity index (χ4n) is 1.53. The van der Waals surface area contributed by atoms with E-state index in [1.165, 1.54) is 36.5 Å². The number of benzene rings is 1. The molecule has 0 bridgehead atoms. The van der Waals surface area contributed by atoms with Gasteiger partial charge in [0.2, 0.25) is 5.75 Å². The Kier molecular flexibility index (Phi) is 4.72. The van der Waals surface area contributed by atoms with E-state index < -0.39 is 10.7 Å². The van der Waals surface area contributed by atoms with Gasteiger partial charge in [-0.2, -0.15) is 0 Å². The minimum atomic E-state index is -0.682. The van der Waals surface area contributed by atoms with Crippen LogP contribution in [0.3, 0.4) is 0 Å². The molecule has 21 heavy (non-hydrogen) atoms. The molecule has 0 fully saturated rings. The molecule has 0 spiro atoms. The molecule has 1 aromatic carbocycles. The van der Waals surface area contributed by atoms with Gasteiger partial charge in [-0.25, -0.2) is 0 Å². The van der Waals surface area contributed by atoms with Crippen molar-refractivity contribution >= 4 is 34.8 Å². The number of Topliss-reactive ketones (excluding diaryl/α,β-unsaturated/α-hetero) is 1. The Labute approximate surface area is 129 Å². The smallest absolute Gasteiger partial charge is 0.406 e. The molecule has 0 radical (unpaired) electrons. The number of nitro groups is 1. The molecule has 6 nitrogen and oxygen atoms in total. The van der Waals surface area contributed by atoms with Crippen molar-refractivity contribution in [3.05, 3.63) is 62.3 Å². The molecule has 0 amide bonds. The summed E-state index contributed by atoms with van der Waals surface area (Å²) < 4.78 is 5.15. The molecular weight excluding hydrogens is 319 g/mol. The predicted octanol–water partition coefficient (Wildman–Crippen LogP) is 3.56. The number of carbonyl (C=O) groups excluding carboxylic acids is 1. The maximum absolute atomic E-state index is 11.9. The summed E-state index contributed by atoms with van der Waals surface area (Å²) in [7, 11) is 0. The molecule has 0 aliphatic carbocycles. The average Bonchev–Trinajstić information content (AvgIpc) is 2.47. The first-order valence-electron chi connectivity index (χ1n) is 5.69. The first-order chi connectivity index (χ1) is 9.99. The lowest BCUT2D eigenvalue weighted by Crippen LogP contribution is -2.12. The van der Waals surface area contributed by atoms with E-state index in [2.05, 4.69) is 4.98 Å². The van der Waals surface area contributed by atoms with E-state index in [1.54, 1.807) is 0 Å². The minimum Gasteiger partial charge on any atom is -0.477 e. The van der Waals surface area contributed by atoms with Gasteiger partial charge in [-0.05, 0) is 40.2 Å². The zero-order valence-electron chi connectivity index (χ0n) is 10.5. The van der Waals surface area contributed by atoms with Crippen LogP contribution in [0.15, 0.2) is 36.5 Å².